The summed E-state index contributed by atoms with van der Waals surface area (Å²) in [5.41, 5.74) is -0.796. The molecule has 168 valence electrons. The van der Waals surface area contributed by atoms with Gasteiger partial charge in [-0.05, 0) is 44.1 Å². The number of rotatable bonds is 3. The molecular weight excluding hydrogens is 406 g/mol. The highest BCUT2D eigenvalue weighted by atomic mass is 17.3. The number of non-ortho nitro benzene ring substituents is 1. The van der Waals surface area contributed by atoms with Crippen molar-refractivity contribution in [3.8, 4) is 0 Å². The lowest BCUT2D eigenvalue weighted by Crippen LogP contribution is -2.70. The van der Waals surface area contributed by atoms with Crippen molar-refractivity contribution in [3.05, 3.63) is 39.9 Å². The van der Waals surface area contributed by atoms with Crippen LogP contribution in [0.2, 0.25) is 0 Å². The van der Waals surface area contributed by atoms with Crippen LogP contribution in [0.5, 0.6) is 0 Å². The summed E-state index contributed by atoms with van der Waals surface area (Å²) in [7, 11) is 0. The Morgan fingerprint density at radius 2 is 2.00 bits per heavy atom. The summed E-state index contributed by atoms with van der Waals surface area (Å²) in [6, 6.07) is 5.49. The summed E-state index contributed by atoms with van der Waals surface area (Å²) < 4.78 is 18.2. The van der Waals surface area contributed by atoms with Crippen LogP contribution in [0.3, 0.4) is 0 Å². The van der Waals surface area contributed by atoms with E-state index < -0.39 is 34.9 Å². The summed E-state index contributed by atoms with van der Waals surface area (Å²) in [6.07, 6.45) is 1.97. The van der Waals surface area contributed by atoms with Gasteiger partial charge in [-0.1, -0.05) is 19.9 Å². The average Bonchev–Trinajstić information content (AvgIpc) is 2.98. The smallest absolute Gasteiger partial charge is 0.340 e. The van der Waals surface area contributed by atoms with Gasteiger partial charge in [-0.15, -0.1) is 0 Å². The predicted molar refractivity (Wildman–Crippen MR) is 105 cm³/mol. The molecule has 4 saturated heterocycles. The van der Waals surface area contributed by atoms with Gasteiger partial charge < -0.3 is 14.2 Å². The molecule has 1 aliphatic carbocycles. The van der Waals surface area contributed by atoms with E-state index in [2.05, 4.69) is 6.92 Å². The first kappa shape index (κ1) is 20.8. The highest BCUT2D eigenvalue weighted by Crippen LogP contribution is 2.60. The normalized spacial score (nSPS) is 43.6. The van der Waals surface area contributed by atoms with Gasteiger partial charge in [0.05, 0.1) is 10.5 Å². The Balaban J connectivity index is 1.43. The molecule has 5 aliphatic rings. The number of ether oxygens (including phenoxy) is 3. The van der Waals surface area contributed by atoms with Gasteiger partial charge in [-0.25, -0.2) is 14.6 Å². The molecule has 4 aliphatic heterocycles. The van der Waals surface area contributed by atoms with Crippen LogP contribution < -0.4 is 0 Å². The minimum atomic E-state index is -0.910. The number of hydrogen-bond acceptors (Lipinski definition) is 8. The molecule has 0 radical (unpaired) electrons. The van der Waals surface area contributed by atoms with Crippen molar-refractivity contribution in [3.63, 3.8) is 0 Å². The number of nitrogens with zero attached hydrogens (tertiary/aromatic N) is 1. The maximum absolute atomic E-state index is 12.8. The van der Waals surface area contributed by atoms with Gasteiger partial charge in [-0.2, -0.15) is 0 Å². The van der Waals surface area contributed by atoms with Crippen LogP contribution in [0.4, 0.5) is 5.69 Å². The molecule has 0 aromatic heterocycles. The van der Waals surface area contributed by atoms with Gasteiger partial charge >= 0.3 is 5.97 Å². The van der Waals surface area contributed by atoms with E-state index in [0.29, 0.717) is 12.3 Å². The second kappa shape index (κ2) is 7.23. The van der Waals surface area contributed by atoms with Crippen LogP contribution in [0.1, 0.15) is 56.8 Å². The minimum Gasteiger partial charge on any atom is -0.432 e. The third kappa shape index (κ3) is 3.17. The second-order valence-corrected chi connectivity index (χ2v) is 9.49. The molecule has 1 saturated carbocycles. The number of nitro groups is 1. The summed E-state index contributed by atoms with van der Waals surface area (Å²) in [5, 5.41) is 11.0. The number of benzene rings is 1. The number of nitro benzene ring substituents is 1. The molecule has 5 fully saturated rings. The first-order chi connectivity index (χ1) is 14.7. The lowest BCUT2D eigenvalue weighted by atomic mass is 9.58. The first-order valence-electron chi connectivity index (χ1n) is 10.9. The summed E-state index contributed by atoms with van der Waals surface area (Å²) in [4.78, 5) is 35.1. The third-order valence-electron chi connectivity index (χ3n) is 7.61. The molecule has 0 unspecified atom stereocenters. The second-order valence-electron chi connectivity index (χ2n) is 9.49. The maximum atomic E-state index is 12.8. The van der Waals surface area contributed by atoms with Crippen molar-refractivity contribution >= 4 is 11.7 Å². The van der Waals surface area contributed by atoms with Crippen molar-refractivity contribution in [2.45, 2.75) is 70.4 Å². The van der Waals surface area contributed by atoms with E-state index in [1.54, 1.807) is 0 Å². The van der Waals surface area contributed by atoms with Crippen LogP contribution in [0.15, 0.2) is 24.3 Å². The third-order valence-corrected chi connectivity index (χ3v) is 7.61. The van der Waals surface area contributed by atoms with Crippen molar-refractivity contribution in [1.82, 2.24) is 0 Å². The molecule has 4 heterocycles. The Kier molecular flexibility index (Phi) is 4.85. The van der Waals surface area contributed by atoms with Crippen LogP contribution in [0, 0.1) is 33.8 Å². The molecule has 1 aromatic rings. The Bertz CT molecular complexity index is 907. The van der Waals surface area contributed by atoms with Crippen LogP contribution in [-0.4, -0.2) is 34.9 Å². The molecule has 9 heteroatoms. The predicted octanol–water partition coefficient (Wildman–Crippen LogP) is 3.96. The summed E-state index contributed by atoms with van der Waals surface area (Å²) in [5.74, 6) is -1.06. The van der Waals surface area contributed by atoms with Crippen LogP contribution in [-0.2, 0) is 24.0 Å². The molecule has 9 nitrogen and oxygen atoms in total. The molecule has 0 amide bonds. The Morgan fingerprint density at radius 3 is 2.77 bits per heavy atom. The van der Waals surface area contributed by atoms with Crippen molar-refractivity contribution < 1.29 is 33.7 Å². The van der Waals surface area contributed by atoms with Crippen molar-refractivity contribution in [2.75, 3.05) is 0 Å². The zero-order valence-corrected chi connectivity index (χ0v) is 17.8. The highest BCUT2D eigenvalue weighted by Gasteiger charge is 2.69. The molecule has 31 heavy (non-hydrogen) atoms. The topological polar surface area (TPSA) is 106 Å². The molecule has 0 N–H and O–H groups in total. The SMILES string of the molecule is C[C@H]1[C@H](OC(=O)c2cccc([N+](=O)[O-])c2)O[C@@H]2O[C@]3(C)CC[C@H]4[C@H](C)CC[C@@H]1[C@@]24OO3. The van der Waals surface area contributed by atoms with Crippen LogP contribution in [0.25, 0.3) is 0 Å². The lowest BCUT2D eigenvalue weighted by Gasteiger charge is -2.59. The molecule has 2 bridgehead atoms. The standard InChI is InChI=1S/C22H27NO8/c1-12-7-8-17-13(2)19(27-18(24)14-5-4-6-15(11-14)23(25)26)28-20-22(17)16(12)9-10-21(3,29-20)30-31-22/h4-6,11-13,16-17,19-20H,7-10H2,1-3H3/t12-,13-,16+,17+,19-,20-,21+,22-/m1/s1. The molecule has 1 spiro atoms. The Hall–Kier alpha value is -2.07. The zero-order valence-electron chi connectivity index (χ0n) is 17.8. The lowest BCUT2D eigenvalue weighted by molar-refractivity contribution is -0.576. The van der Waals surface area contributed by atoms with Crippen molar-refractivity contribution in [1.29, 1.82) is 0 Å². The Labute approximate surface area is 180 Å². The quantitative estimate of drug-likeness (QED) is 0.305. The van der Waals surface area contributed by atoms with E-state index in [4.69, 9.17) is 24.0 Å². The number of hydrogen-bond donors (Lipinski definition) is 0. The maximum Gasteiger partial charge on any atom is 0.340 e. The van der Waals surface area contributed by atoms with Gasteiger partial charge in [0.15, 0.2) is 11.9 Å². The van der Waals surface area contributed by atoms with E-state index in [1.807, 2.05) is 13.8 Å². The molecule has 1 aromatic carbocycles. The van der Waals surface area contributed by atoms with E-state index in [-0.39, 0.29) is 29.0 Å². The number of fused-ring (bicyclic) bond motifs is 2. The molecule has 6 rings (SSSR count). The molecular formula is C22H27NO8. The van der Waals surface area contributed by atoms with E-state index >= 15 is 0 Å². The van der Waals surface area contributed by atoms with Gasteiger partial charge in [0, 0.05) is 30.4 Å². The first-order valence-corrected chi connectivity index (χ1v) is 10.9. The average molecular weight is 433 g/mol. The zero-order chi connectivity index (χ0) is 22.0. The van der Waals surface area contributed by atoms with Crippen molar-refractivity contribution in [2.24, 2.45) is 23.7 Å². The summed E-state index contributed by atoms with van der Waals surface area (Å²) in [6.45, 7) is 6.05. The summed E-state index contributed by atoms with van der Waals surface area (Å²) >= 11 is 0. The number of carbonyl (C=O) groups excluding carboxylic acids is 1. The Morgan fingerprint density at radius 1 is 1.19 bits per heavy atom. The van der Waals surface area contributed by atoms with Crippen LogP contribution >= 0.6 is 0 Å². The molecule has 8 atom stereocenters. The highest BCUT2D eigenvalue weighted by molar-refractivity contribution is 5.90. The fourth-order valence-corrected chi connectivity index (χ4v) is 5.93. The number of carbonyl (C=O) groups is 1. The van der Waals surface area contributed by atoms with Gasteiger partial charge in [-0.3, -0.25) is 10.1 Å². The number of esters is 1. The fraction of sp³-hybridized carbons (Fsp3) is 0.682. The van der Waals surface area contributed by atoms with E-state index in [0.717, 1.165) is 19.3 Å². The van der Waals surface area contributed by atoms with Gasteiger partial charge in [0.2, 0.25) is 12.1 Å². The largest absolute Gasteiger partial charge is 0.432 e. The van der Waals surface area contributed by atoms with Gasteiger partial charge in [0.25, 0.3) is 5.69 Å². The minimum absolute atomic E-state index is 0.0259. The fourth-order valence-electron chi connectivity index (χ4n) is 5.93. The van der Waals surface area contributed by atoms with Gasteiger partial charge in [0.1, 0.15) is 0 Å². The van der Waals surface area contributed by atoms with E-state index in [1.165, 1.54) is 24.3 Å². The monoisotopic (exact) mass is 433 g/mol. The van der Waals surface area contributed by atoms with E-state index in [9.17, 15) is 14.9 Å².